The van der Waals surface area contributed by atoms with Gasteiger partial charge in [0, 0.05) is 22.2 Å². The van der Waals surface area contributed by atoms with Gasteiger partial charge in [-0.3, -0.25) is 9.59 Å². The number of hydrogen-bond donors (Lipinski definition) is 2. The Kier molecular flexibility index (Phi) is 4.57. The first-order valence-electron chi connectivity index (χ1n) is 6.80. The number of carbonyl (C=O) groups is 1. The number of hydrogen-bond acceptors (Lipinski definition) is 4. The van der Waals surface area contributed by atoms with Crippen molar-refractivity contribution in [2.24, 2.45) is 0 Å². The molecule has 0 aliphatic rings. The minimum atomic E-state index is -0.449. The van der Waals surface area contributed by atoms with Gasteiger partial charge in [0.15, 0.2) is 0 Å². The van der Waals surface area contributed by atoms with E-state index in [1.165, 1.54) is 9.75 Å². The number of nitrogens with one attached hydrogen (secondary N) is 2. The molecule has 0 radical (unpaired) electrons. The van der Waals surface area contributed by atoms with Gasteiger partial charge in [-0.05, 0) is 45.4 Å². The van der Waals surface area contributed by atoms with Crippen LogP contribution in [0.4, 0.5) is 0 Å². The summed E-state index contributed by atoms with van der Waals surface area (Å²) in [7, 11) is 0. The monoisotopic (exact) mass is 305 g/mol. The van der Waals surface area contributed by atoms with E-state index in [1.807, 2.05) is 6.92 Å². The van der Waals surface area contributed by atoms with E-state index in [4.69, 9.17) is 0 Å². The summed E-state index contributed by atoms with van der Waals surface area (Å²) in [5.74, 6) is -0.347. The number of nitrogens with zero attached hydrogens (tertiary/aromatic N) is 1. The average Bonchev–Trinajstić information content (AvgIpc) is 2.79. The van der Waals surface area contributed by atoms with Crippen molar-refractivity contribution in [3.63, 3.8) is 0 Å². The van der Waals surface area contributed by atoms with E-state index in [9.17, 15) is 9.59 Å². The van der Waals surface area contributed by atoms with Gasteiger partial charge >= 0.3 is 0 Å². The third-order valence-electron chi connectivity index (χ3n) is 3.38. The first-order chi connectivity index (χ1) is 9.88. The lowest BCUT2D eigenvalue weighted by molar-refractivity contribution is 0.0937. The maximum Gasteiger partial charge on any atom is 0.277 e. The quantitative estimate of drug-likeness (QED) is 0.908. The minimum absolute atomic E-state index is 0.0391. The molecule has 0 spiro atoms. The Labute approximate surface area is 127 Å². The van der Waals surface area contributed by atoms with Gasteiger partial charge in [-0.2, -0.15) is 5.10 Å². The maximum atomic E-state index is 12.3. The van der Waals surface area contributed by atoms with Crippen molar-refractivity contribution in [1.82, 2.24) is 15.5 Å². The van der Waals surface area contributed by atoms with E-state index in [2.05, 4.69) is 34.6 Å². The SMILES string of the molecule is Cc1ccc(C[C@H](C)NC(=O)c2c(C)c(C)n[nH]c2=O)s1. The third kappa shape index (κ3) is 3.58. The normalized spacial score (nSPS) is 12.2. The fraction of sp³-hybridized carbons (Fsp3) is 0.400. The molecule has 1 atom stereocenters. The van der Waals surface area contributed by atoms with Crippen LogP contribution in [0.5, 0.6) is 0 Å². The average molecular weight is 305 g/mol. The molecule has 2 rings (SSSR count). The largest absolute Gasteiger partial charge is 0.349 e. The molecule has 2 aromatic heterocycles. The predicted octanol–water partition coefficient (Wildman–Crippen LogP) is 2.12. The molecule has 112 valence electrons. The van der Waals surface area contributed by atoms with Crippen molar-refractivity contribution in [2.75, 3.05) is 0 Å². The van der Waals surface area contributed by atoms with E-state index in [-0.39, 0.29) is 17.5 Å². The second-order valence-corrected chi connectivity index (χ2v) is 6.60. The first-order valence-corrected chi connectivity index (χ1v) is 7.62. The van der Waals surface area contributed by atoms with Gasteiger partial charge in [0.1, 0.15) is 5.56 Å². The lowest BCUT2D eigenvalue weighted by atomic mass is 10.1. The Bertz CT molecular complexity index is 718. The fourth-order valence-electron chi connectivity index (χ4n) is 2.14. The molecular formula is C15H19N3O2S. The molecule has 0 saturated carbocycles. The second-order valence-electron chi connectivity index (χ2n) is 5.23. The summed E-state index contributed by atoms with van der Waals surface area (Å²) in [4.78, 5) is 26.6. The van der Waals surface area contributed by atoms with Crippen LogP contribution in [-0.2, 0) is 6.42 Å². The highest BCUT2D eigenvalue weighted by Crippen LogP contribution is 2.16. The molecule has 0 saturated heterocycles. The zero-order chi connectivity index (χ0) is 15.6. The van der Waals surface area contributed by atoms with Crippen molar-refractivity contribution >= 4 is 17.2 Å². The van der Waals surface area contributed by atoms with E-state index in [1.54, 1.807) is 25.2 Å². The minimum Gasteiger partial charge on any atom is -0.349 e. The Hall–Kier alpha value is -1.95. The molecule has 2 aromatic rings. The Morgan fingerprint density at radius 3 is 2.71 bits per heavy atom. The maximum absolute atomic E-state index is 12.3. The highest BCUT2D eigenvalue weighted by Gasteiger charge is 2.18. The third-order valence-corrected chi connectivity index (χ3v) is 4.40. The Morgan fingerprint density at radius 1 is 1.38 bits per heavy atom. The van der Waals surface area contributed by atoms with Gasteiger partial charge in [-0.1, -0.05) is 0 Å². The second kappa shape index (κ2) is 6.22. The summed E-state index contributed by atoms with van der Waals surface area (Å²) in [5.41, 5.74) is 0.975. The number of aromatic amines is 1. The summed E-state index contributed by atoms with van der Waals surface area (Å²) >= 11 is 1.72. The summed E-state index contributed by atoms with van der Waals surface area (Å²) < 4.78 is 0. The zero-order valence-electron chi connectivity index (χ0n) is 12.6. The van der Waals surface area contributed by atoms with Crippen LogP contribution in [0.2, 0.25) is 0 Å². The number of amides is 1. The van der Waals surface area contributed by atoms with Gasteiger partial charge in [-0.15, -0.1) is 11.3 Å². The van der Waals surface area contributed by atoms with Crippen LogP contribution in [0.15, 0.2) is 16.9 Å². The van der Waals surface area contributed by atoms with Crippen LogP contribution in [0.3, 0.4) is 0 Å². The predicted molar refractivity (Wildman–Crippen MR) is 84.0 cm³/mol. The molecule has 2 heterocycles. The number of carbonyl (C=O) groups excluding carboxylic acids is 1. The Morgan fingerprint density at radius 2 is 2.10 bits per heavy atom. The van der Waals surface area contributed by atoms with Crippen LogP contribution >= 0.6 is 11.3 Å². The highest BCUT2D eigenvalue weighted by molar-refractivity contribution is 7.11. The fourth-order valence-corrected chi connectivity index (χ4v) is 3.16. The molecule has 0 aliphatic heterocycles. The van der Waals surface area contributed by atoms with E-state index < -0.39 is 5.56 Å². The lowest BCUT2D eigenvalue weighted by Crippen LogP contribution is -2.38. The van der Waals surface area contributed by atoms with Crippen LogP contribution < -0.4 is 10.9 Å². The molecule has 0 bridgehead atoms. The van der Waals surface area contributed by atoms with Crippen molar-refractivity contribution in [1.29, 1.82) is 0 Å². The van der Waals surface area contributed by atoms with Gasteiger partial charge in [-0.25, -0.2) is 5.10 Å². The lowest BCUT2D eigenvalue weighted by Gasteiger charge is -2.14. The van der Waals surface area contributed by atoms with Gasteiger partial charge in [0.25, 0.3) is 11.5 Å². The molecule has 21 heavy (non-hydrogen) atoms. The number of H-pyrrole nitrogens is 1. The molecule has 0 unspecified atom stereocenters. The van der Waals surface area contributed by atoms with Crippen LogP contribution in [0.1, 0.15) is 38.3 Å². The van der Waals surface area contributed by atoms with E-state index in [0.717, 1.165) is 6.42 Å². The molecule has 0 aliphatic carbocycles. The van der Waals surface area contributed by atoms with E-state index >= 15 is 0 Å². The number of aromatic nitrogens is 2. The zero-order valence-corrected chi connectivity index (χ0v) is 13.4. The van der Waals surface area contributed by atoms with Crippen LogP contribution in [0.25, 0.3) is 0 Å². The van der Waals surface area contributed by atoms with Crippen LogP contribution in [0, 0.1) is 20.8 Å². The summed E-state index contributed by atoms with van der Waals surface area (Å²) in [6.07, 6.45) is 0.755. The highest BCUT2D eigenvalue weighted by atomic mass is 32.1. The molecule has 2 N–H and O–H groups in total. The molecule has 0 aromatic carbocycles. The smallest absolute Gasteiger partial charge is 0.277 e. The van der Waals surface area contributed by atoms with Crippen molar-refractivity contribution in [3.8, 4) is 0 Å². The van der Waals surface area contributed by atoms with Crippen molar-refractivity contribution in [2.45, 2.75) is 40.2 Å². The molecule has 5 nitrogen and oxygen atoms in total. The van der Waals surface area contributed by atoms with Crippen molar-refractivity contribution < 1.29 is 4.79 Å². The van der Waals surface area contributed by atoms with Crippen molar-refractivity contribution in [3.05, 3.63) is 49.1 Å². The first kappa shape index (κ1) is 15.4. The number of rotatable bonds is 4. The van der Waals surface area contributed by atoms with Gasteiger partial charge < -0.3 is 5.32 Å². The van der Waals surface area contributed by atoms with Gasteiger partial charge in [0.2, 0.25) is 0 Å². The van der Waals surface area contributed by atoms with Crippen LogP contribution in [-0.4, -0.2) is 22.1 Å². The standard InChI is InChI=1S/C15H19N3O2S/c1-8(7-12-6-5-9(2)21-12)16-14(19)13-10(3)11(4)17-18-15(13)20/h5-6,8H,7H2,1-4H3,(H,16,19)(H,18,20)/t8-/m0/s1. The molecule has 0 fully saturated rings. The molecule has 6 heteroatoms. The van der Waals surface area contributed by atoms with Gasteiger partial charge in [0.05, 0.1) is 5.69 Å². The summed E-state index contributed by atoms with van der Waals surface area (Å²) in [6, 6.07) is 4.09. The molecule has 1 amide bonds. The Balaban J connectivity index is 2.11. The number of thiophene rings is 1. The number of aryl methyl sites for hydroxylation is 2. The topological polar surface area (TPSA) is 74.8 Å². The molecular weight excluding hydrogens is 286 g/mol. The summed E-state index contributed by atoms with van der Waals surface area (Å²) in [5, 5.41) is 9.09. The van der Waals surface area contributed by atoms with E-state index in [0.29, 0.717) is 11.3 Å². The summed E-state index contributed by atoms with van der Waals surface area (Å²) in [6.45, 7) is 7.49.